The lowest BCUT2D eigenvalue weighted by molar-refractivity contribution is 0.103. The molecule has 4 aromatic rings. The molecular weight excluding hydrogens is 461 g/mol. The second kappa shape index (κ2) is 10.1. The molecule has 33 heavy (non-hydrogen) atoms. The summed E-state index contributed by atoms with van der Waals surface area (Å²) in [6.45, 7) is 6.51. The van der Waals surface area contributed by atoms with Gasteiger partial charge in [0.2, 0.25) is 0 Å². The SMILES string of the molecule is CCOc1ccc(-c2nc(NC(=O)c3sc(COc4ccc(F)cc4)nc3C)sc2C)cc1. The van der Waals surface area contributed by atoms with E-state index in [4.69, 9.17) is 9.47 Å². The molecule has 0 radical (unpaired) electrons. The van der Waals surface area contributed by atoms with Gasteiger partial charge < -0.3 is 9.47 Å². The minimum atomic E-state index is -0.325. The van der Waals surface area contributed by atoms with E-state index in [0.717, 1.165) is 21.9 Å². The topological polar surface area (TPSA) is 73.3 Å². The predicted molar refractivity (Wildman–Crippen MR) is 129 cm³/mol. The van der Waals surface area contributed by atoms with Crippen molar-refractivity contribution in [1.29, 1.82) is 0 Å². The Balaban J connectivity index is 1.43. The van der Waals surface area contributed by atoms with E-state index in [0.29, 0.717) is 33.1 Å². The summed E-state index contributed by atoms with van der Waals surface area (Å²) in [6.07, 6.45) is 0. The van der Waals surface area contributed by atoms with E-state index >= 15 is 0 Å². The number of ether oxygens (including phenoxy) is 2. The summed E-state index contributed by atoms with van der Waals surface area (Å²) in [4.78, 5) is 23.4. The lowest BCUT2D eigenvalue weighted by Crippen LogP contribution is -2.11. The minimum absolute atomic E-state index is 0.197. The Hall–Kier alpha value is -3.30. The maximum Gasteiger partial charge on any atom is 0.269 e. The van der Waals surface area contributed by atoms with Crippen LogP contribution in [-0.2, 0) is 6.61 Å². The summed E-state index contributed by atoms with van der Waals surface area (Å²) in [5.41, 5.74) is 2.41. The number of nitrogens with zero attached hydrogens (tertiary/aromatic N) is 2. The van der Waals surface area contributed by atoms with Gasteiger partial charge in [-0.3, -0.25) is 10.1 Å². The third kappa shape index (κ3) is 5.55. The molecule has 4 rings (SSSR count). The van der Waals surface area contributed by atoms with E-state index in [1.807, 2.05) is 38.1 Å². The Kier molecular flexibility index (Phi) is 7.00. The van der Waals surface area contributed by atoms with Gasteiger partial charge in [0.25, 0.3) is 5.91 Å². The van der Waals surface area contributed by atoms with Crippen LogP contribution in [0.25, 0.3) is 11.3 Å². The number of thiazole rings is 2. The molecule has 2 aromatic carbocycles. The molecule has 0 saturated heterocycles. The minimum Gasteiger partial charge on any atom is -0.494 e. The molecule has 6 nitrogen and oxygen atoms in total. The third-order valence-corrected chi connectivity index (χ3v) is 6.69. The Labute approximate surface area is 199 Å². The average Bonchev–Trinajstić information content (AvgIpc) is 3.36. The number of nitrogens with one attached hydrogen (secondary N) is 1. The van der Waals surface area contributed by atoms with E-state index in [2.05, 4.69) is 15.3 Å². The zero-order valence-corrected chi connectivity index (χ0v) is 20.0. The molecule has 0 saturated carbocycles. The van der Waals surface area contributed by atoms with Gasteiger partial charge in [-0.2, -0.15) is 0 Å². The van der Waals surface area contributed by atoms with Crippen LogP contribution in [0, 0.1) is 19.7 Å². The van der Waals surface area contributed by atoms with E-state index in [9.17, 15) is 9.18 Å². The maximum atomic E-state index is 13.0. The van der Waals surface area contributed by atoms with Crippen LogP contribution in [0.15, 0.2) is 48.5 Å². The number of benzene rings is 2. The van der Waals surface area contributed by atoms with Crippen LogP contribution in [0.2, 0.25) is 0 Å². The number of rotatable bonds is 8. The smallest absolute Gasteiger partial charge is 0.269 e. The molecule has 9 heteroatoms. The van der Waals surface area contributed by atoms with E-state index < -0.39 is 0 Å². The third-order valence-electron chi connectivity index (χ3n) is 4.68. The van der Waals surface area contributed by atoms with Crippen molar-refractivity contribution in [2.75, 3.05) is 11.9 Å². The highest BCUT2D eigenvalue weighted by Crippen LogP contribution is 2.32. The van der Waals surface area contributed by atoms with Gasteiger partial charge in [-0.25, -0.2) is 14.4 Å². The molecule has 0 aliphatic rings. The predicted octanol–water partition coefficient (Wildman–Crippen LogP) is 6.25. The number of halogens is 1. The number of carbonyl (C=O) groups excluding carboxylic acids is 1. The van der Waals surface area contributed by atoms with Gasteiger partial charge >= 0.3 is 0 Å². The van der Waals surface area contributed by atoms with Crippen LogP contribution in [0.3, 0.4) is 0 Å². The van der Waals surface area contributed by atoms with Gasteiger partial charge in [0.05, 0.1) is 18.0 Å². The molecular formula is C24H22FN3O3S2. The van der Waals surface area contributed by atoms with Gasteiger partial charge in [-0.15, -0.1) is 22.7 Å². The first-order valence-electron chi connectivity index (χ1n) is 10.3. The summed E-state index contributed by atoms with van der Waals surface area (Å²) < 4.78 is 24.1. The fourth-order valence-electron chi connectivity index (χ4n) is 3.15. The Morgan fingerprint density at radius 2 is 1.64 bits per heavy atom. The standard InChI is InChI=1S/C24H22FN3O3S2/c1-4-30-18-9-5-16(6-10-18)21-15(3)32-24(27-21)28-23(29)22-14(2)26-20(33-22)13-31-19-11-7-17(25)8-12-19/h5-12H,4,13H2,1-3H3,(H,27,28,29). The van der Waals surface area contributed by atoms with Gasteiger partial charge in [-0.05, 0) is 69.3 Å². The summed E-state index contributed by atoms with van der Waals surface area (Å²) in [6, 6.07) is 13.5. The summed E-state index contributed by atoms with van der Waals surface area (Å²) in [5, 5.41) is 4.07. The molecule has 0 spiro atoms. The summed E-state index contributed by atoms with van der Waals surface area (Å²) in [7, 11) is 0. The van der Waals surface area contributed by atoms with Crippen LogP contribution in [0.4, 0.5) is 9.52 Å². The summed E-state index contributed by atoms with van der Waals surface area (Å²) >= 11 is 2.69. The highest BCUT2D eigenvalue weighted by molar-refractivity contribution is 7.16. The summed E-state index contributed by atoms with van der Waals surface area (Å²) in [5.74, 6) is 0.761. The van der Waals surface area contributed by atoms with Gasteiger partial charge in [0.15, 0.2) is 5.13 Å². The van der Waals surface area contributed by atoms with Gasteiger partial charge in [-0.1, -0.05) is 0 Å². The number of hydrogen-bond acceptors (Lipinski definition) is 7. The van der Waals surface area contributed by atoms with Crippen molar-refractivity contribution >= 4 is 33.7 Å². The number of amides is 1. The van der Waals surface area contributed by atoms with Crippen LogP contribution in [0.5, 0.6) is 11.5 Å². The molecule has 0 aliphatic heterocycles. The van der Waals surface area contributed by atoms with Crippen LogP contribution >= 0.6 is 22.7 Å². The van der Waals surface area contributed by atoms with E-state index in [1.165, 1.54) is 34.8 Å². The second-order valence-electron chi connectivity index (χ2n) is 7.10. The Morgan fingerprint density at radius 3 is 2.33 bits per heavy atom. The molecule has 1 amide bonds. The first kappa shape index (κ1) is 22.9. The molecule has 1 N–H and O–H groups in total. The molecule has 170 valence electrons. The molecule has 2 aromatic heterocycles. The zero-order valence-electron chi connectivity index (χ0n) is 18.3. The average molecular weight is 484 g/mol. The fraction of sp³-hybridized carbons (Fsp3) is 0.208. The molecule has 0 aliphatic carbocycles. The number of aryl methyl sites for hydroxylation is 2. The number of carbonyl (C=O) groups is 1. The monoisotopic (exact) mass is 483 g/mol. The van der Waals surface area contributed by atoms with Crippen LogP contribution in [-0.4, -0.2) is 22.5 Å². The van der Waals surface area contributed by atoms with Gasteiger partial charge in [0, 0.05) is 10.4 Å². The lowest BCUT2D eigenvalue weighted by atomic mass is 10.1. The molecule has 0 fully saturated rings. The van der Waals surface area contributed by atoms with Crippen molar-refractivity contribution in [3.05, 3.63) is 74.8 Å². The Bertz CT molecular complexity index is 1250. The number of aromatic nitrogens is 2. The van der Waals surface area contributed by atoms with E-state index in [-0.39, 0.29) is 18.3 Å². The fourth-order valence-corrected chi connectivity index (χ4v) is 4.85. The Morgan fingerprint density at radius 1 is 0.970 bits per heavy atom. The van der Waals surface area contributed by atoms with Crippen molar-refractivity contribution in [3.63, 3.8) is 0 Å². The van der Waals surface area contributed by atoms with Crippen LogP contribution < -0.4 is 14.8 Å². The second-order valence-corrected chi connectivity index (χ2v) is 9.39. The highest BCUT2D eigenvalue weighted by Gasteiger charge is 2.18. The highest BCUT2D eigenvalue weighted by atomic mass is 32.1. The first-order chi connectivity index (χ1) is 15.9. The van der Waals surface area contributed by atoms with Crippen molar-refractivity contribution < 1.29 is 18.7 Å². The number of hydrogen-bond donors (Lipinski definition) is 1. The lowest BCUT2D eigenvalue weighted by Gasteiger charge is -2.04. The normalized spacial score (nSPS) is 10.8. The quantitative estimate of drug-likeness (QED) is 0.321. The van der Waals surface area contributed by atoms with Crippen molar-refractivity contribution in [2.24, 2.45) is 0 Å². The van der Waals surface area contributed by atoms with Gasteiger partial charge in [0.1, 0.15) is 33.8 Å². The number of anilines is 1. The zero-order chi connectivity index (χ0) is 23.4. The largest absolute Gasteiger partial charge is 0.494 e. The maximum absolute atomic E-state index is 13.0. The first-order valence-corrected chi connectivity index (χ1v) is 11.9. The molecule has 0 bridgehead atoms. The molecule has 0 unspecified atom stereocenters. The van der Waals surface area contributed by atoms with Crippen molar-refractivity contribution in [3.8, 4) is 22.8 Å². The van der Waals surface area contributed by atoms with Crippen molar-refractivity contribution in [2.45, 2.75) is 27.4 Å². The van der Waals surface area contributed by atoms with E-state index in [1.54, 1.807) is 19.1 Å². The van der Waals surface area contributed by atoms with Crippen LogP contribution in [0.1, 0.15) is 32.2 Å². The molecule has 2 heterocycles. The molecule has 0 atom stereocenters. The van der Waals surface area contributed by atoms with Crippen molar-refractivity contribution in [1.82, 2.24) is 9.97 Å².